The predicted octanol–water partition coefficient (Wildman–Crippen LogP) is 2.97. The van der Waals surface area contributed by atoms with Crippen molar-refractivity contribution in [2.45, 2.75) is 20.0 Å². The van der Waals surface area contributed by atoms with Crippen LogP contribution in [0.25, 0.3) is 0 Å². The second-order valence-corrected chi connectivity index (χ2v) is 4.48. The van der Waals surface area contributed by atoms with Crippen LogP contribution < -0.4 is 10.1 Å². The minimum Gasteiger partial charge on any atom is -0.497 e. The lowest BCUT2D eigenvalue weighted by Gasteiger charge is -2.08. The molecule has 0 aliphatic carbocycles. The number of pyridine rings is 1. The number of nitrogens with zero attached hydrogens (tertiary/aromatic N) is 1. The number of aromatic nitrogens is 1. The molecule has 0 fully saturated rings. The molecule has 0 atom stereocenters. The highest BCUT2D eigenvalue weighted by atomic mass is 19.1. The molecule has 0 spiro atoms. The lowest BCUT2D eigenvalue weighted by molar-refractivity contribution is 0.412. The number of ether oxygens (including phenoxy) is 1. The van der Waals surface area contributed by atoms with E-state index in [0.29, 0.717) is 12.1 Å². The summed E-state index contributed by atoms with van der Waals surface area (Å²) in [6.07, 6.45) is 0. The van der Waals surface area contributed by atoms with Crippen molar-refractivity contribution in [2.75, 3.05) is 7.11 Å². The second-order valence-electron chi connectivity index (χ2n) is 4.48. The average Bonchev–Trinajstić information content (AvgIpc) is 2.42. The molecule has 0 radical (unpaired) electrons. The number of hydrogen-bond acceptors (Lipinski definition) is 3. The van der Waals surface area contributed by atoms with Crippen molar-refractivity contribution in [3.8, 4) is 5.75 Å². The lowest BCUT2D eigenvalue weighted by atomic mass is 10.2. The highest BCUT2D eigenvalue weighted by molar-refractivity contribution is 5.26. The van der Waals surface area contributed by atoms with Gasteiger partial charge in [-0.3, -0.25) is 4.98 Å². The Labute approximate surface area is 116 Å². The van der Waals surface area contributed by atoms with Gasteiger partial charge >= 0.3 is 0 Å². The first-order valence-corrected chi connectivity index (χ1v) is 6.24. The molecule has 1 heterocycles. The van der Waals surface area contributed by atoms with Crippen molar-refractivity contribution in [3.63, 3.8) is 0 Å². The van der Waals surface area contributed by atoms with E-state index in [1.54, 1.807) is 7.11 Å². The Bertz CT molecular complexity index is 602. The van der Waals surface area contributed by atoms with E-state index in [1.165, 1.54) is 6.07 Å². The van der Waals surface area contributed by atoms with E-state index in [-0.39, 0.29) is 6.54 Å². The van der Waals surface area contributed by atoms with E-state index in [4.69, 9.17) is 4.74 Å². The van der Waals surface area contributed by atoms with Crippen LogP contribution in [0.4, 0.5) is 8.78 Å². The molecule has 1 N–H and O–H groups in total. The molecular formula is C15H16F2N2O. The predicted molar refractivity (Wildman–Crippen MR) is 72.4 cm³/mol. The zero-order valence-corrected chi connectivity index (χ0v) is 11.4. The number of nitrogens with one attached hydrogen (secondary N) is 1. The van der Waals surface area contributed by atoms with Crippen molar-refractivity contribution in [2.24, 2.45) is 0 Å². The second kappa shape index (κ2) is 6.43. The summed E-state index contributed by atoms with van der Waals surface area (Å²) in [6, 6.07) is 7.05. The summed E-state index contributed by atoms with van der Waals surface area (Å²) in [6.45, 7) is 2.56. The minimum absolute atomic E-state index is 0.238. The standard InChI is InChI=1S/C15H16F2N2O/c1-10-5-14(20-2)7-13(19-10)9-18-8-11-6-12(16)3-4-15(11)17/h3-7,18H,8-9H2,1-2H3. The summed E-state index contributed by atoms with van der Waals surface area (Å²) in [4.78, 5) is 4.34. The van der Waals surface area contributed by atoms with E-state index in [9.17, 15) is 8.78 Å². The Morgan fingerprint density at radius 1 is 1.15 bits per heavy atom. The van der Waals surface area contributed by atoms with Crippen LogP contribution in [-0.4, -0.2) is 12.1 Å². The van der Waals surface area contributed by atoms with Gasteiger partial charge in [-0.2, -0.15) is 0 Å². The molecule has 0 aliphatic heterocycles. The third-order valence-corrected chi connectivity index (χ3v) is 2.85. The van der Waals surface area contributed by atoms with Gasteiger partial charge in [0.05, 0.1) is 12.8 Å². The van der Waals surface area contributed by atoms with E-state index in [0.717, 1.165) is 29.3 Å². The molecule has 0 saturated heterocycles. The molecule has 20 heavy (non-hydrogen) atoms. The van der Waals surface area contributed by atoms with E-state index < -0.39 is 11.6 Å². The van der Waals surface area contributed by atoms with Crippen molar-refractivity contribution < 1.29 is 13.5 Å². The topological polar surface area (TPSA) is 34.1 Å². The van der Waals surface area contributed by atoms with Gasteiger partial charge in [-0.05, 0) is 25.1 Å². The highest BCUT2D eigenvalue weighted by Gasteiger charge is 2.05. The number of rotatable bonds is 5. The van der Waals surface area contributed by atoms with E-state index in [1.807, 2.05) is 19.1 Å². The quantitative estimate of drug-likeness (QED) is 0.913. The fourth-order valence-corrected chi connectivity index (χ4v) is 1.92. The summed E-state index contributed by atoms with van der Waals surface area (Å²) in [5.74, 6) is -0.140. The Hall–Kier alpha value is -2.01. The Morgan fingerprint density at radius 3 is 2.70 bits per heavy atom. The van der Waals surface area contributed by atoms with Crippen LogP contribution in [0.3, 0.4) is 0 Å². The summed E-state index contributed by atoms with van der Waals surface area (Å²) >= 11 is 0. The maximum absolute atomic E-state index is 13.4. The monoisotopic (exact) mass is 278 g/mol. The molecule has 0 unspecified atom stereocenters. The van der Waals surface area contributed by atoms with Gasteiger partial charge in [0.1, 0.15) is 17.4 Å². The first-order chi connectivity index (χ1) is 9.58. The van der Waals surface area contributed by atoms with Crippen LogP contribution in [0.15, 0.2) is 30.3 Å². The highest BCUT2D eigenvalue weighted by Crippen LogP contribution is 2.14. The molecule has 0 saturated carbocycles. The third kappa shape index (κ3) is 3.74. The average molecular weight is 278 g/mol. The number of halogens is 2. The Kier molecular flexibility index (Phi) is 4.63. The number of benzene rings is 1. The van der Waals surface area contributed by atoms with Gasteiger partial charge < -0.3 is 10.1 Å². The third-order valence-electron chi connectivity index (χ3n) is 2.85. The normalized spacial score (nSPS) is 10.6. The first kappa shape index (κ1) is 14.4. The van der Waals surface area contributed by atoms with Crippen molar-refractivity contribution >= 4 is 0 Å². The molecule has 106 valence electrons. The number of hydrogen-bond donors (Lipinski definition) is 1. The van der Waals surface area contributed by atoms with Crippen LogP contribution in [0, 0.1) is 18.6 Å². The van der Waals surface area contributed by atoms with Crippen LogP contribution >= 0.6 is 0 Å². The molecule has 2 rings (SSSR count). The smallest absolute Gasteiger partial charge is 0.127 e. The van der Waals surface area contributed by atoms with Gasteiger partial charge in [0.2, 0.25) is 0 Å². The largest absolute Gasteiger partial charge is 0.497 e. The van der Waals surface area contributed by atoms with Crippen molar-refractivity contribution in [1.29, 1.82) is 0 Å². The fraction of sp³-hybridized carbons (Fsp3) is 0.267. The minimum atomic E-state index is -0.446. The van der Waals surface area contributed by atoms with Crippen molar-refractivity contribution in [3.05, 3.63) is 58.9 Å². The SMILES string of the molecule is COc1cc(C)nc(CNCc2cc(F)ccc2F)c1. The summed E-state index contributed by atoms with van der Waals surface area (Å²) < 4.78 is 31.6. The molecule has 1 aromatic carbocycles. The number of aryl methyl sites for hydroxylation is 1. The Morgan fingerprint density at radius 2 is 1.95 bits per heavy atom. The summed E-state index contributed by atoms with van der Waals surface area (Å²) in [7, 11) is 1.59. The van der Waals surface area contributed by atoms with Gasteiger partial charge in [0.25, 0.3) is 0 Å². The lowest BCUT2D eigenvalue weighted by Crippen LogP contribution is -2.15. The maximum Gasteiger partial charge on any atom is 0.127 e. The van der Waals surface area contributed by atoms with Crippen LogP contribution in [0.5, 0.6) is 5.75 Å². The van der Waals surface area contributed by atoms with Crippen molar-refractivity contribution in [1.82, 2.24) is 10.3 Å². The molecule has 2 aromatic rings. The molecule has 3 nitrogen and oxygen atoms in total. The van der Waals surface area contributed by atoms with Crippen LogP contribution in [-0.2, 0) is 13.1 Å². The van der Waals surface area contributed by atoms with Crippen LogP contribution in [0.2, 0.25) is 0 Å². The first-order valence-electron chi connectivity index (χ1n) is 6.24. The molecular weight excluding hydrogens is 262 g/mol. The zero-order valence-electron chi connectivity index (χ0n) is 11.4. The number of methoxy groups -OCH3 is 1. The fourth-order valence-electron chi connectivity index (χ4n) is 1.92. The summed E-state index contributed by atoms with van der Waals surface area (Å²) in [5.41, 5.74) is 1.93. The summed E-state index contributed by atoms with van der Waals surface area (Å²) in [5, 5.41) is 3.04. The van der Waals surface area contributed by atoms with Gasteiger partial charge in [-0.25, -0.2) is 8.78 Å². The van der Waals surface area contributed by atoms with Gasteiger partial charge in [-0.15, -0.1) is 0 Å². The van der Waals surface area contributed by atoms with Gasteiger partial charge in [0, 0.05) is 36.5 Å². The van der Waals surface area contributed by atoms with E-state index in [2.05, 4.69) is 10.3 Å². The molecule has 1 aromatic heterocycles. The Balaban J connectivity index is 1.99. The molecule has 5 heteroatoms. The molecule has 0 aliphatic rings. The van der Waals surface area contributed by atoms with E-state index >= 15 is 0 Å². The molecule has 0 amide bonds. The zero-order chi connectivity index (χ0) is 14.5. The molecule has 0 bridgehead atoms. The maximum atomic E-state index is 13.4. The van der Waals surface area contributed by atoms with Gasteiger partial charge in [0.15, 0.2) is 0 Å². The van der Waals surface area contributed by atoms with Gasteiger partial charge in [-0.1, -0.05) is 0 Å². The van der Waals surface area contributed by atoms with Crippen LogP contribution in [0.1, 0.15) is 17.0 Å².